The van der Waals surface area contributed by atoms with Crippen molar-refractivity contribution in [1.29, 1.82) is 0 Å². The number of hydrogen-bond acceptors (Lipinski definition) is 3. The molecular weight excluding hydrogens is 328 g/mol. The van der Waals surface area contributed by atoms with Crippen molar-refractivity contribution in [3.63, 3.8) is 0 Å². The van der Waals surface area contributed by atoms with Crippen molar-refractivity contribution >= 4 is 16.7 Å². The van der Waals surface area contributed by atoms with Crippen molar-refractivity contribution in [2.75, 3.05) is 6.54 Å². The first kappa shape index (κ1) is 16.9. The molecule has 0 aliphatic rings. The largest absolute Gasteiger partial charge is 0.503 e. The lowest BCUT2D eigenvalue weighted by molar-refractivity contribution is 0.0915. The number of nitrogens with one attached hydrogen (secondary N) is 1. The Morgan fingerprint density at radius 1 is 1.00 bits per heavy atom. The van der Waals surface area contributed by atoms with Gasteiger partial charge in [-0.25, -0.2) is 8.78 Å². The number of phenols is 1. The maximum atomic E-state index is 13.3. The summed E-state index contributed by atoms with van der Waals surface area (Å²) >= 11 is 0. The number of aliphatic hydroxyl groups is 1. The summed E-state index contributed by atoms with van der Waals surface area (Å²) in [7, 11) is 0. The monoisotopic (exact) mass is 343 g/mol. The second kappa shape index (κ2) is 6.86. The number of benzene rings is 3. The molecule has 3 rings (SSSR count). The zero-order chi connectivity index (χ0) is 18.0. The van der Waals surface area contributed by atoms with Gasteiger partial charge in [-0.1, -0.05) is 36.4 Å². The minimum atomic E-state index is -1.22. The molecule has 0 aliphatic carbocycles. The van der Waals surface area contributed by atoms with E-state index in [-0.39, 0.29) is 12.1 Å². The number of halogens is 2. The van der Waals surface area contributed by atoms with Crippen LogP contribution in [0.15, 0.2) is 54.6 Å². The lowest BCUT2D eigenvalue weighted by Gasteiger charge is -2.13. The van der Waals surface area contributed by atoms with Crippen molar-refractivity contribution in [2.24, 2.45) is 0 Å². The van der Waals surface area contributed by atoms with Gasteiger partial charge in [0.05, 0.1) is 6.10 Å². The quantitative estimate of drug-likeness (QED) is 0.681. The Bertz CT molecular complexity index is 920. The third-order valence-electron chi connectivity index (χ3n) is 3.89. The molecule has 0 aliphatic heterocycles. The molecule has 25 heavy (non-hydrogen) atoms. The van der Waals surface area contributed by atoms with Crippen LogP contribution in [0.4, 0.5) is 8.78 Å². The first-order valence-electron chi connectivity index (χ1n) is 7.58. The Kier molecular flexibility index (Phi) is 4.63. The Labute approximate surface area is 142 Å². The van der Waals surface area contributed by atoms with Gasteiger partial charge in [0, 0.05) is 12.1 Å². The van der Waals surface area contributed by atoms with E-state index < -0.39 is 29.4 Å². The summed E-state index contributed by atoms with van der Waals surface area (Å²) in [6.07, 6.45) is -0.972. The third kappa shape index (κ3) is 3.59. The van der Waals surface area contributed by atoms with Crippen LogP contribution in [0.25, 0.3) is 10.8 Å². The molecule has 0 saturated heterocycles. The SMILES string of the molecule is O=C(NCC(O)c1ccc2ccccc2c1)c1cc(F)c(O)c(F)c1. The molecule has 0 aromatic heterocycles. The topological polar surface area (TPSA) is 69.6 Å². The average molecular weight is 343 g/mol. The zero-order valence-electron chi connectivity index (χ0n) is 13.0. The highest BCUT2D eigenvalue weighted by molar-refractivity contribution is 5.94. The van der Waals surface area contributed by atoms with E-state index in [0.717, 1.165) is 22.9 Å². The minimum absolute atomic E-state index is 0.124. The summed E-state index contributed by atoms with van der Waals surface area (Å²) in [6.45, 7) is -0.124. The summed E-state index contributed by atoms with van der Waals surface area (Å²) in [5.41, 5.74) is 0.334. The molecule has 0 spiro atoms. The number of amides is 1. The van der Waals surface area contributed by atoms with Crippen molar-refractivity contribution in [1.82, 2.24) is 5.32 Å². The fraction of sp³-hybridized carbons (Fsp3) is 0.105. The minimum Gasteiger partial charge on any atom is -0.503 e. The van der Waals surface area contributed by atoms with Gasteiger partial charge in [-0.15, -0.1) is 0 Å². The highest BCUT2D eigenvalue weighted by Gasteiger charge is 2.16. The number of rotatable bonds is 4. The van der Waals surface area contributed by atoms with Gasteiger partial charge in [0.1, 0.15) is 0 Å². The molecule has 0 bridgehead atoms. The van der Waals surface area contributed by atoms with E-state index in [1.807, 2.05) is 36.4 Å². The Morgan fingerprint density at radius 2 is 1.64 bits per heavy atom. The number of phenolic OH excluding ortho intramolecular Hbond substituents is 1. The van der Waals surface area contributed by atoms with E-state index in [1.165, 1.54) is 0 Å². The van der Waals surface area contributed by atoms with Crippen molar-refractivity contribution < 1.29 is 23.8 Å². The van der Waals surface area contributed by atoms with Crippen LogP contribution in [0.3, 0.4) is 0 Å². The van der Waals surface area contributed by atoms with Crippen LogP contribution < -0.4 is 5.32 Å². The summed E-state index contributed by atoms with van der Waals surface area (Å²) in [5.74, 6) is -4.33. The van der Waals surface area contributed by atoms with Gasteiger partial charge in [-0.3, -0.25) is 4.79 Å². The van der Waals surface area contributed by atoms with Crippen LogP contribution in [0.1, 0.15) is 22.0 Å². The van der Waals surface area contributed by atoms with Crippen LogP contribution in [0.2, 0.25) is 0 Å². The summed E-state index contributed by atoms with van der Waals surface area (Å²) in [4.78, 5) is 12.0. The van der Waals surface area contributed by atoms with Crippen LogP contribution >= 0.6 is 0 Å². The fourth-order valence-electron chi connectivity index (χ4n) is 2.52. The van der Waals surface area contributed by atoms with E-state index in [0.29, 0.717) is 5.56 Å². The maximum Gasteiger partial charge on any atom is 0.251 e. The molecule has 3 aromatic rings. The standard InChI is InChI=1S/C19H15F2NO3/c20-15-8-14(9-16(21)18(15)24)19(25)22-10-17(23)13-6-5-11-3-1-2-4-12(11)7-13/h1-9,17,23-24H,10H2,(H,22,25). The molecule has 0 fully saturated rings. The summed E-state index contributed by atoms with van der Waals surface area (Å²) in [5, 5.41) is 23.7. The third-order valence-corrected chi connectivity index (χ3v) is 3.89. The molecule has 1 atom stereocenters. The number of aromatic hydroxyl groups is 1. The molecule has 0 radical (unpaired) electrons. The van der Waals surface area contributed by atoms with Crippen molar-refractivity contribution in [2.45, 2.75) is 6.10 Å². The van der Waals surface area contributed by atoms with E-state index in [1.54, 1.807) is 6.07 Å². The number of carbonyl (C=O) groups is 1. The van der Waals surface area contributed by atoms with Gasteiger partial charge in [0.2, 0.25) is 0 Å². The predicted octanol–water partition coefficient (Wildman–Crippen LogP) is 3.29. The van der Waals surface area contributed by atoms with Gasteiger partial charge in [-0.2, -0.15) is 0 Å². The van der Waals surface area contributed by atoms with E-state index in [4.69, 9.17) is 5.11 Å². The second-order valence-corrected chi connectivity index (χ2v) is 5.62. The lowest BCUT2D eigenvalue weighted by Crippen LogP contribution is -2.28. The maximum absolute atomic E-state index is 13.3. The first-order valence-corrected chi connectivity index (χ1v) is 7.58. The highest BCUT2D eigenvalue weighted by Crippen LogP contribution is 2.22. The Hall–Kier alpha value is -2.99. The molecule has 4 nitrogen and oxygen atoms in total. The molecule has 3 aromatic carbocycles. The van der Waals surface area contributed by atoms with Crippen LogP contribution in [-0.2, 0) is 0 Å². The van der Waals surface area contributed by atoms with Gasteiger partial charge in [0.25, 0.3) is 5.91 Å². The van der Waals surface area contributed by atoms with Gasteiger partial charge >= 0.3 is 0 Å². The number of hydrogen-bond donors (Lipinski definition) is 3. The van der Waals surface area contributed by atoms with Crippen molar-refractivity contribution in [3.8, 4) is 5.75 Å². The molecule has 0 saturated carbocycles. The molecule has 0 heterocycles. The van der Waals surface area contributed by atoms with Gasteiger partial charge < -0.3 is 15.5 Å². The zero-order valence-corrected chi connectivity index (χ0v) is 13.0. The van der Waals surface area contributed by atoms with Crippen molar-refractivity contribution in [3.05, 3.63) is 77.4 Å². The Balaban J connectivity index is 1.70. The lowest BCUT2D eigenvalue weighted by atomic mass is 10.0. The molecule has 6 heteroatoms. The smallest absolute Gasteiger partial charge is 0.251 e. The van der Waals surface area contributed by atoms with Crippen LogP contribution in [0, 0.1) is 11.6 Å². The number of aliphatic hydroxyl groups excluding tert-OH is 1. The van der Waals surface area contributed by atoms with E-state index >= 15 is 0 Å². The molecule has 3 N–H and O–H groups in total. The predicted molar refractivity (Wildman–Crippen MR) is 89.3 cm³/mol. The summed E-state index contributed by atoms with van der Waals surface area (Å²) in [6, 6.07) is 14.5. The van der Waals surface area contributed by atoms with E-state index in [9.17, 15) is 18.7 Å². The fourth-order valence-corrected chi connectivity index (χ4v) is 2.52. The Morgan fingerprint density at radius 3 is 2.32 bits per heavy atom. The van der Waals surface area contributed by atoms with Gasteiger partial charge in [0.15, 0.2) is 17.4 Å². The van der Waals surface area contributed by atoms with Gasteiger partial charge in [-0.05, 0) is 34.5 Å². The number of carbonyl (C=O) groups excluding carboxylic acids is 1. The first-order chi connectivity index (χ1) is 12.0. The highest BCUT2D eigenvalue weighted by atomic mass is 19.1. The molecule has 128 valence electrons. The van der Waals surface area contributed by atoms with Crippen LogP contribution in [0.5, 0.6) is 5.75 Å². The normalized spacial score (nSPS) is 12.1. The second-order valence-electron chi connectivity index (χ2n) is 5.62. The molecule has 1 amide bonds. The molecular formula is C19H15F2NO3. The summed E-state index contributed by atoms with van der Waals surface area (Å²) < 4.78 is 26.6. The van der Waals surface area contributed by atoms with Crippen LogP contribution in [-0.4, -0.2) is 22.7 Å². The average Bonchev–Trinajstić information content (AvgIpc) is 2.63. The molecule has 1 unspecified atom stereocenters. The number of fused-ring (bicyclic) bond motifs is 1. The van der Waals surface area contributed by atoms with E-state index in [2.05, 4.69) is 5.32 Å².